The molecular weight excluding hydrogens is 770 g/mol. The standard InChI is InChI=1S/C40H42ClF4N7O5/c1-22-15-30(51(18-23-7-11-27(55-5)12-8-23)19-24-9-13-28(56-6)14-10-24)48-34(31(22)40(43,44)45)35-32(42)33-29(17-46-35)36(50-37(41)49-33)52-20-25(16-26(53)21-52)47-38(54)57-39(2,3)4/h7-15,17,25-26,53H,16,18-21H2,1-6H3,(H,47,54)/t25-,26-/m0/s1. The number of alkyl carbamates (subject to hydrolysis) is 1. The van der Waals surface area contributed by atoms with Crippen LogP contribution in [0.1, 0.15) is 49.4 Å². The summed E-state index contributed by atoms with van der Waals surface area (Å²) in [5, 5.41) is 13.1. The van der Waals surface area contributed by atoms with Gasteiger partial charge in [0.25, 0.3) is 0 Å². The molecule has 3 aromatic heterocycles. The molecule has 1 aliphatic heterocycles. The van der Waals surface area contributed by atoms with Crippen LogP contribution in [0.3, 0.4) is 0 Å². The molecule has 1 aliphatic rings. The molecule has 2 N–H and O–H groups in total. The van der Waals surface area contributed by atoms with Gasteiger partial charge >= 0.3 is 12.3 Å². The molecule has 0 spiro atoms. The average molecular weight is 812 g/mol. The Morgan fingerprint density at radius 1 is 0.947 bits per heavy atom. The largest absolute Gasteiger partial charge is 0.497 e. The Labute approximate surface area is 331 Å². The van der Waals surface area contributed by atoms with Crippen LogP contribution in [0.2, 0.25) is 5.28 Å². The van der Waals surface area contributed by atoms with Gasteiger partial charge in [-0.3, -0.25) is 4.98 Å². The first-order valence-electron chi connectivity index (χ1n) is 18.0. The van der Waals surface area contributed by atoms with E-state index in [0.29, 0.717) is 11.5 Å². The minimum Gasteiger partial charge on any atom is -0.497 e. The number of alkyl halides is 3. The fourth-order valence-electron chi connectivity index (χ4n) is 6.71. The predicted molar refractivity (Wildman–Crippen MR) is 207 cm³/mol. The molecule has 4 heterocycles. The van der Waals surface area contributed by atoms with Crippen LogP contribution >= 0.6 is 11.6 Å². The first-order chi connectivity index (χ1) is 26.9. The Hall–Kier alpha value is -5.48. The monoisotopic (exact) mass is 811 g/mol. The number of carbonyl (C=O) groups is 1. The van der Waals surface area contributed by atoms with Crippen LogP contribution in [0.4, 0.5) is 34.0 Å². The second kappa shape index (κ2) is 16.5. The minimum absolute atomic E-state index is 0.0211. The van der Waals surface area contributed by atoms with Gasteiger partial charge < -0.3 is 34.4 Å². The van der Waals surface area contributed by atoms with E-state index in [1.54, 1.807) is 69.1 Å². The summed E-state index contributed by atoms with van der Waals surface area (Å²) in [7, 11) is 3.09. The molecule has 302 valence electrons. The van der Waals surface area contributed by atoms with Crippen LogP contribution in [0.15, 0.2) is 60.8 Å². The molecule has 5 aromatic rings. The first kappa shape index (κ1) is 41.2. The maximum Gasteiger partial charge on any atom is 0.418 e. The fraction of sp³-hybridized carbons (Fsp3) is 0.375. The van der Waals surface area contributed by atoms with Gasteiger partial charge in [-0.05, 0) is 92.7 Å². The number of aliphatic hydroxyl groups is 1. The van der Waals surface area contributed by atoms with Gasteiger partial charge in [0.2, 0.25) is 5.28 Å². The Morgan fingerprint density at radius 2 is 1.54 bits per heavy atom. The number of amides is 1. The maximum atomic E-state index is 16.8. The SMILES string of the molecule is COc1ccc(CN(Cc2ccc(OC)cc2)c2cc(C)c(C(F)(F)F)c(-c3ncc4c(N5C[C@@H](O)C[C@H](NC(=O)OC(C)(C)C)C5)nc(Cl)nc4c3F)n2)cc1. The van der Waals surface area contributed by atoms with Crippen molar-refractivity contribution < 1.29 is 41.7 Å². The van der Waals surface area contributed by atoms with Gasteiger partial charge in [-0.15, -0.1) is 0 Å². The van der Waals surface area contributed by atoms with Crippen molar-refractivity contribution in [2.24, 2.45) is 0 Å². The Bertz CT molecular complexity index is 2190. The molecule has 12 nitrogen and oxygen atoms in total. The van der Waals surface area contributed by atoms with E-state index in [0.717, 1.165) is 17.3 Å². The van der Waals surface area contributed by atoms with Crippen LogP contribution in [0.25, 0.3) is 22.3 Å². The van der Waals surface area contributed by atoms with Crippen molar-refractivity contribution >= 4 is 40.2 Å². The van der Waals surface area contributed by atoms with Gasteiger partial charge in [0.1, 0.15) is 45.6 Å². The van der Waals surface area contributed by atoms with Crippen molar-refractivity contribution in [3.05, 3.63) is 94.1 Å². The van der Waals surface area contributed by atoms with E-state index in [9.17, 15) is 23.1 Å². The number of benzene rings is 2. The first-order valence-corrected chi connectivity index (χ1v) is 18.3. The normalized spacial score (nSPS) is 16.0. The quantitative estimate of drug-likeness (QED) is 0.105. The third kappa shape index (κ3) is 9.74. The third-order valence-corrected chi connectivity index (χ3v) is 9.35. The molecule has 2 atom stereocenters. The predicted octanol–water partition coefficient (Wildman–Crippen LogP) is 7.89. The highest BCUT2D eigenvalue weighted by Crippen LogP contribution is 2.42. The molecular formula is C40H42ClF4N7O5. The van der Waals surface area contributed by atoms with Crippen molar-refractivity contribution in [1.29, 1.82) is 0 Å². The lowest BCUT2D eigenvalue weighted by atomic mass is 10.0. The van der Waals surface area contributed by atoms with Crippen molar-refractivity contribution in [3.8, 4) is 22.9 Å². The van der Waals surface area contributed by atoms with Gasteiger partial charge in [0, 0.05) is 32.4 Å². The zero-order valence-corrected chi connectivity index (χ0v) is 32.9. The van der Waals surface area contributed by atoms with E-state index in [-0.39, 0.29) is 55.2 Å². The number of halogens is 5. The number of methoxy groups -OCH3 is 2. The summed E-state index contributed by atoms with van der Waals surface area (Å²) in [5.41, 5.74) is -2.35. The Balaban J connectivity index is 1.44. The van der Waals surface area contributed by atoms with Gasteiger partial charge in [0.15, 0.2) is 5.82 Å². The molecule has 0 aliphatic carbocycles. The van der Waals surface area contributed by atoms with Crippen LogP contribution in [0, 0.1) is 12.7 Å². The van der Waals surface area contributed by atoms with Crippen molar-refractivity contribution in [1.82, 2.24) is 25.3 Å². The summed E-state index contributed by atoms with van der Waals surface area (Å²) in [6, 6.07) is 15.1. The lowest BCUT2D eigenvalue weighted by Gasteiger charge is -2.37. The Morgan fingerprint density at radius 3 is 2.09 bits per heavy atom. The van der Waals surface area contributed by atoms with Gasteiger partial charge in [-0.1, -0.05) is 24.3 Å². The molecule has 0 radical (unpaired) electrons. The summed E-state index contributed by atoms with van der Waals surface area (Å²) in [6.45, 7) is 7.01. The number of ether oxygens (including phenoxy) is 3. The highest BCUT2D eigenvalue weighted by molar-refractivity contribution is 6.28. The summed E-state index contributed by atoms with van der Waals surface area (Å²) >= 11 is 6.32. The summed E-state index contributed by atoms with van der Waals surface area (Å²) < 4.78 is 77.5. The average Bonchev–Trinajstić information content (AvgIpc) is 3.13. The number of hydrogen-bond donors (Lipinski definition) is 2. The summed E-state index contributed by atoms with van der Waals surface area (Å²) in [6.07, 6.45) is -5.23. The smallest absolute Gasteiger partial charge is 0.418 e. The highest BCUT2D eigenvalue weighted by atomic mass is 35.5. The van der Waals surface area contributed by atoms with Gasteiger partial charge in [-0.2, -0.15) is 18.2 Å². The fourth-order valence-corrected chi connectivity index (χ4v) is 6.88. The zero-order chi connectivity index (χ0) is 41.2. The van der Waals surface area contributed by atoms with Crippen LogP contribution < -0.4 is 24.6 Å². The second-order valence-electron chi connectivity index (χ2n) is 14.7. The number of nitrogens with one attached hydrogen (secondary N) is 1. The highest BCUT2D eigenvalue weighted by Gasteiger charge is 2.39. The number of piperidine rings is 1. The van der Waals surface area contributed by atoms with Crippen molar-refractivity contribution in [3.63, 3.8) is 0 Å². The lowest BCUT2D eigenvalue weighted by Crippen LogP contribution is -2.53. The number of aliphatic hydroxyl groups excluding tert-OH is 1. The number of hydrogen-bond acceptors (Lipinski definition) is 11. The number of β-amino-alcohol motifs (C(OH)–C–C–N with tert-alkyl or cyclic N) is 1. The molecule has 6 rings (SSSR count). The van der Waals surface area contributed by atoms with Crippen LogP contribution in [-0.2, 0) is 24.0 Å². The van der Waals surface area contributed by atoms with E-state index in [2.05, 4.69) is 25.3 Å². The van der Waals surface area contributed by atoms with E-state index >= 15 is 4.39 Å². The summed E-state index contributed by atoms with van der Waals surface area (Å²) in [4.78, 5) is 33.0. The van der Waals surface area contributed by atoms with E-state index < -0.39 is 63.6 Å². The zero-order valence-electron chi connectivity index (χ0n) is 32.1. The molecule has 0 unspecified atom stereocenters. The molecule has 0 saturated carbocycles. The van der Waals surface area contributed by atoms with Crippen molar-refractivity contribution in [2.75, 3.05) is 37.1 Å². The molecule has 1 amide bonds. The molecule has 17 heteroatoms. The van der Waals surface area contributed by atoms with E-state index in [1.807, 2.05) is 24.3 Å². The molecule has 57 heavy (non-hydrogen) atoms. The van der Waals surface area contributed by atoms with Gasteiger partial charge in [-0.25, -0.2) is 19.2 Å². The number of fused-ring (bicyclic) bond motifs is 1. The van der Waals surface area contributed by atoms with Crippen LogP contribution in [-0.4, -0.2) is 76.2 Å². The number of aryl methyl sites for hydroxylation is 1. The van der Waals surface area contributed by atoms with Crippen molar-refractivity contribution in [2.45, 2.75) is 71.1 Å². The number of nitrogens with zero attached hydrogens (tertiary/aromatic N) is 6. The molecule has 1 fully saturated rings. The number of pyridine rings is 2. The number of carbonyl (C=O) groups excluding carboxylic acids is 1. The minimum atomic E-state index is -4.95. The van der Waals surface area contributed by atoms with E-state index in [1.165, 1.54) is 13.0 Å². The number of aromatic nitrogens is 4. The Kier molecular flexibility index (Phi) is 12.0. The third-order valence-electron chi connectivity index (χ3n) is 9.19. The van der Waals surface area contributed by atoms with E-state index in [4.69, 9.17) is 25.8 Å². The molecule has 2 aromatic carbocycles. The van der Waals surface area contributed by atoms with Gasteiger partial charge in [0.05, 0.1) is 37.3 Å². The van der Waals surface area contributed by atoms with Crippen LogP contribution in [0.5, 0.6) is 11.5 Å². The summed E-state index contributed by atoms with van der Waals surface area (Å²) in [5.74, 6) is 0.257. The second-order valence-corrected chi connectivity index (χ2v) is 15.0. The lowest BCUT2D eigenvalue weighted by molar-refractivity contribution is -0.137. The molecule has 0 bridgehead atoms. The number of rotatable bonds is 10. The molecule has 1 saturated heterocycles. The topological polar surface area (TPSA) is 135 Å². The maximum absolute atomic E-state index is 16.8. The number of anilines is 2.